The second kappa shape index (κ2) is 11.0. The van der Waals surface area contributed by atoms with E-state index in [-0.39, 0.29) is 0 Å². The van der Waals surface area contributed by atoms with Gasteiger partial charge in [0.05, 0.1) is 33.0 Å². The van der Waals surface area contributed by atoms with E-state index >= 15 is 0 Å². The third-order valence-electron chi connectivity index (χ3n) is 3.08. The monoisotopic (exact) mass is 245 g/mol. The minimum Gasteiger partial charge on any atom is -0.379 e. The molecule has 0 amide bonds. The van der Waals surface area contributed by atoms with Crippen LogP contribution in [0, 0.1) is 5.92 Å². The Bertz CT molecular complexity index is 161. The van der Waals surface area contributed by atoms with E-state index in [0.29, 0.717) is 39.6 Å². The molecule has 0 aliphatic heterocycles. The van der Waals surface area contributed by atoms with E-state index in [1.165, 1.54) is 32.1 Å². The Morgan fingerprint density at radius 1 is 0.765 bits per heavy atom. The summed E-state index contributed by atoms with van der Waals surface area (Å²) < 4.78 is 16.2. The SMILES string of the molecule is NCCOCCOCCOCC1CCCCC1. The molecule has 0 bridgehead atoms. The van der Waals surface area contributed by atoms with Gasteiger partial charge in [-0.05, 0) is 18.8 Å². The molecule has 0 radical (unpaired) electrons. The molecular formula is C13H27NO3. The summed E-state index contributed by atoms with van der Waals surface area (Å²) in [6, 6.07) is 0. The number of nitrogens with two attached hydrogens (primary N) is 1. The molecule has 0 heterocycles. The fraction of sp³-hybridized carbons (Fsp3) is 1.00. The van der Waals surface area contributed by atoms with Crippen LogP contribution in [-0.4, -0.2) is 46.2 Å². The van der Waals surface area contributed by atoms with E-state index in [4.69, 9.17) is 19.9 Å². The first-order chi connectivity index (χ1) is 8.43. The number of hydrogen-bond acceptors (Lipinski definition) is 4. The third-order valence-corrected chi connectivity index (χ3v) is 3.08. The lowest BCUT2D eigenvalue weighted by Crippen LogP contribution is -2.16. The summed E-state index contributed by atoms with van der Waals surface area (Å²) in [6.45, 7) is 4.72. The van der Waals surface area contributed by atoms with Crippen molar-refractivity contribution in [1.29, 1.82) is 0 Å². The van der Waals surface area contributed by atoms with Gasteiger partial charge >= 0.3 is 0 Å². The van der Waals surface area contributed by atoms with Gasteiger partial charge in [-0.15, -0.1) is 0 Å². The van der Waals surface area contributed by atoms with Gasteiger partial charge in [-0.25, -0.2) is 0 Å². The minimum atomic E-state index is 0.574. The van der Waals surface area contributed by atoms with Gasteiger partial charge in [-0.1, -0.05) is 19.3 Å². The zero-order valence-electron chi connectivity index (χ0n) is 10.9. The predicted molar refractivity (Wildman–Crippen MR) is 68.1 cm³/mol. The van der Waals surface area contributed by atoms with Crippen LogP contribution in [0.1, 0.15) is 32.1 Å². The summed E-state index contributed by atoms with van der Waals surface area (Å²) in [5.74, 6) is 0.789. The Kier molecular flexibility index (Phi) is 9.61. The van der Waals surface area contributed by atoms with Crippen LogP contribution in [0.3, 0.4) is 0 Å². The van der Waals surface area contributed by atoms with Crippen LogP contribution < -0.4 is 5.73 Å². The highest BCUT2D eigenvalue weighted by Crippen LogP contribution is 2.23. The van der Waals surface area contributed by atoms with Crippen molar-refractivity contribution in [2.24, 2.45) is 11.7 Å². The van der Waals surface area contributed by atoms with Gasteiger partial charge in [-0.3, -0.25) is 0 Å². The van der Waals surface area contributed by atoms with Gasteiger partial charge in [0.1, 0.15) is 0 Å². The molecule has 1 aliphatic rings. The minimum absolute atomic E-state index is 0.574. The summed E-state index contributed by atoms with van der Waals surface area (Å²) in [5, 5.41) is 0. The molecule has 0 saturated heterocycles. The van der Waals surface area contributed by atoms with E-state index in [2.05, 4.69) is 0 Å². The quantitative estimate of drug-likeness (QED) is 0.594. The van der Waals surface area contributed by atoms with Crippen molar-refractivity contribution >= 4 is 0 Å². The van der Waals surface area contributed by atoms with Crippen LogP contribution in [0.4, 0.5) is 0 Å². The molecule has 0 aromatic heterocycles. The Morgan fingerprint density at radius 3 is 2.00 bits per heavy atom. The van der Waals surface area contributed by atoms with Crippen molar-refractivity contribution in [3.8, 4) is 0 Å². The average molecular weight is 245 g/mol. The van der Waals surface area contributed by atoms with Crippen molar-refractivity contribution in [2.75, 3.05) is 46.2 Å². The molecule has 102 valence electrons. The highest BCUT2D eigenvalue weighted by molar-refractivity contribution is 4.64. The first kappa shape index (κ1) is 14.9. The van der Waals surface area contributed by atoms with Crippen molar-refractivity contribution < 1.29 is 14.2 Å². The molecule has 0 aromatic carbocycles. The van der Waals surface area contributed by atoms with Crippen molar-refractivity contribution in [3.63, 3.8) is 0 Å². The fourth-order valence-corrected chi connectivity index (χ4v) is 2.13. The van der Waals surface area contributed by atoms with E-state index in [0.717, 1.165) is 12.5 Å². The molecule has 17 heavy (non-hydrogen) atoms. The maximum atomic E-state index is 5.62. The highest BCUT2D eigenvalue weighted by atomic mass is 16.5. The van der Waals surface area contributed by atoms with Crippen LogP contribution in [0.25, 0.3) is 0 Å². The number of hydrogen-bond donors (Lipinski definition) is 1. The molecular weight excluding hydrogens is 218 g/mol. The van der Waals surface area contributed by atoms with Gasteiger partial charge in [0, 0.05) is 13.2 Å². The zero-order valence-corrected chi connectivity index (χ0v) is 10.9. The Labute approximate surface area is 105 Å². The molecule has 4 nitrogen and oxygen atoms in total. The van der Waals surface area contributed by atoms with Crippen LogP contribution >= 0.6 is 0 Å². The molecule has 4 heteroatoms. The summed E-state index contributed by atoms with van der Waals surface area (Å²) >= 11 is 0. The van der Waals surface area contributed by atoms with E-state index in [9.17, 15) is 0 Å². The zero-order chi connectivity index (χ0) is 12.2. The van der Waals surface area contributed by atoms with Crippen LogP contribution in [0.2, 0.25) is 0 Å². The first-order valence-corrected chi connectivity index (χ1v) is 6.87. The molecule has 1 saturated carbocycles. The van der Waals surface area contributed by atoms with E-state index in [1.807, 2.05) is 0 Å². The third kappa shape index (κ3) is 8.55. The molecule has 1 rings (SSSR count). The normalized spacial score (nSPS) is 17.5. The van der Waals surface area contributed by atoms with Crippen LogP contribution in [-0.2, 0) is 14.2 Å². The van der Waals surface area contributed by atoms with E-state index < -0.39 is 0 Å². The second-order valence-corrected chi connectivity index (χ2v) is 4.59. The lowest BCUT2D eigenvalue weighted by atomic mass is 9.90. The maximum Gasteiger partial charge on any atom is 0.0701 e. The topological polar surface area (TPSA) is 53.7 Å². The molecule has 0 spiro atoms. The molecule has 0 aromatic rings. The average Bonchev–Trinajstić information content (AvgIpc) is 2.38. The molecule has 0 atom stereocenters. The molecule has 1 aliphatic carbocycles. The van der Waals surface area contributed by atoms with Crippen LogP contribution in [0.15, 0.2) is 0 Å². The van der Waals surface area contributed by atoms with Crippen LogP contribution in [0.5, 0.6) is 0 Å². The van der Waals surface area contributed by atoms with E-state index in [1.54, 1.807) is 0 Å². The van der Waals surface area contributed by atoms with Gasteiger partial charge < -0.3 is 19.9 Å². The van der Waals surface area contributed by atoms with Crippen molar-refractivity contribution in [1.82, 2.24) is 0 Å². The fourth-order valence-electron chi connectivity index (χ4n) is 2.13. The van der Waals surface area contributed by atoms with Gasteiger partial charge in [0.25, 0.3) is 0 Å². The van der Waals surface area contributed by atoms with Crippen molar-refractivity contribution in [3.05, 3.63) is 0 Å². The second-order valence-electron chi connectivity index (χ2n) is 4.59. The summed E-state index contributed by atoms with van der Waals surface area (Å²) in [7, 11) is 0. The lowest BCUT2D eigenvalue weighted by molar-refractivity contribution is 0.00550. The largest absolute Gasteiger partial charge is 0.379 e. The molecule has 1 fully saturated rings. The smallest absolute Gasteiger partial charge is 0.0701 e. The Morgan fingerprint density at radius 2 is 1.35 bits per heavy atom. The summed E-state index contributed by atoms with van der Waals surface area (Å²) in [5.41, 5.74) is 5.29. The summed E-state index contributed by atoms with van der Waals surface area (Å²) in [6.07, 6.45) is 6.84. The summed E-state index contributed by atoms with van der Waals surface area (Å²) in [4.78, 5) is 0. The molecule has 2 N–H and O–H groups in total. The molecule has 0 unspecified atom stereocenters. The Balaban J connectivity index is 1.75. The van der Waals surface area contributed by atoms with Gasteiger partial charge in [0.2, 0.25) is 0 Å². The Hall–Kier alpha value is -0.160. The van der Waals surface area contributed by atoms with Gasteiger partial charge in [0.15, 0.2) is 0 Å². The van der Waals surface area contributed by atoms with Gasteiger partial charge in [-0.2, -0.15) is 0 Å². The van der Waals surface area contributed by atoms with Crippen molar-refractivity contribution in [2.45, 2.75) is 32.1 Å². The maximum absolute atomic E-state index is 5.62. The lowest BCUT2D eigenvalue weighted by Gasteiger charge is -2.21. The highest BCUT2D eigenvalue weighted by Gasteiger charge is 2.12. The number of rotatable bonds is 10. The number of ether oxygens (including phenoxy) is 3. The standard InChI is InChI=1S/C13H27NO3/c14-6-7-15-8-9-16-10-11-17-12-13-4-2-1-3-5-13/h13H,1-12,14H2. The predicted octanol–water partition coefficient (Wildman–Crippen LogP) is 1.58. The first-order valence-electron chi connectivity index (χ1n) is 6.87.